The summed E-state index contributed by atoms with van der Waals surface area (Å²) in [5.41, 5.74) is 0. The van der Waals surface area contributed by atoms with E-state index >= 15 is 0 Å². The highest BCUT2D eigenvalue weighted by Crippen LogP contribution is 2.38. The maximum absolute atomic E-state index is 4.60. The van der Waals surface area contributed by atoms with Crippen LogP contribution in [0, 0.1) is 5.92 Å². The van der Waals surface area contributed by atoms with Crippen molar-refractivity contribution in [2.75, 3.05) is 6.54 Å². The summed E-state index contributed by atoms with van der Waals surface area (Å²) in [4.78, 5) is 4.60. The van der Waals surface area contributed by atoms with Crippen molar-refractivity contribution >= 4 is 0 Å². The maximum atomic E-state index is 4.60. The molecule has 0 radical (unpaired) electrons. The molecule has 1 aromatic rings. The molecule has 2 aliphatic rings. The molecule has 2 atom stereocenters. The molecule has 0 spiro atoms. The van der Waals surface area contributed by atoms with E-state index in [1.807, 2.05) is 6.20 Å². The lowest BCUT2D eigenvalue weighted by Crippen LogP contribution is -2.27. The van der Waals surface area contributed by atoms with Gasteiger partial charge < -0.3 is 9.88 Å². The molecule has 3 nitrogen and oxygen atoms in total. The number of nitrogens with zero attached hydrogens (tertiary/aromatic N) is 2. The molecule has 0 amide bonds. The van der Waals surface area contributed by atoms with Crippen molar-refractivity contribution in [3.8, 4) is 0 Å². The van der Waals surface area contributed by atoms with Crippen LogP contribution in [0.5, 0.6) is 0 Å². The van der Waals surface area contributed by atoms with E-state index in [0.717, 1.165) is 18.5 Å². The van der Waals surface area contributed by atoms with Crippen LogP contribution in [0.3, 0.4) is 0 Å². The summed E-state index contributed by atoms with van der Waals surface area (Å²) in [7, 11) is 0. The molecule has 0 bridgehead atoms. The van der Waals surface area contributed by atoms with E-state index < -0.39 is 0 Å². The Morgan fingerprint density at radius 1 is 1.35 bits per heavy atom. The van der Waals surface area contributed by atoms with Crippen molar-refractivity contribution in [1.29, 1.82) is 0 Å². The van der Waals surface area contributed by atoms with Crippen LogP contribution < -0.4 is 5.32 Å². The lowest BCUT2D eigenvalue weighted by molar-refractivity contribution is 0.420. The first-order valence-electron chi connectivity index (χ1n) is 7.13. The number of hydrogen-bond donors (Lipinski definition) is 1. The number of rotatable bonds is 5. The molecule has 2 fully saturated rings. The molecule has 2 aliphatic carbocycles. The molecule has 1 heterocycles. The summed E-state index contributed by atoms with van der Waals surface area (Å²) in [6, 6.07) is 0.835. The maximum Gasteiger partial charge on any atom is 0.112 e. The third kappa shape index (κ3) is 2.39. The average molecular weight is 233 g/mol. The van der Waals surface area contributed by atoms with Crippen molar-refractivity contribution in [1.82, 2.24) is 14.9 Å². The van der Waals surface area contributed by atoms with Gasteiger partial charge >= 0.3 is 0 Å². The smallest absolute Gasteiger partial charge is 0.112 e. The zero-order valence-corrected chi connectivity index (χ0v) is 10.7. The van der Waals surface area contributed by atoms with Crippen LogP contribution in [-0.4, -0.2) is 22.1 Å². The van der Waals surface area contributed by atoms with E-state index in [2.05, 4.69) is 28.0 Å². The van der Waals surface area contributed by atoms with Crippen molar-refractivity contribution in [2.24, 2.45) is 5.92 Å². The van der Waals surface area contributed by atoms with E-state index in [-0.39, 0.29) is 0 Å². The predicted octanol–water partition coefficient (Wildman–Crippen LogP) is 2.54. The second kappa shape index (κ2) is 4.81. The first-order valence-corrected chi connectivity index (χ1v) is 7.13. The molecule has 17 heavy (non-hydrogen) atoms. The van der Waals surface area contributed by atoms with Crippen LogP contribution >= 0.6 is 0 Å². The highest BCUT2D eigenvalue weighted by Gasteiger charge is 2.32. The minimum absolute atomic E-state index is 0.691. The summed E-state index contributed by atoms with van der Waals surface area (Å²) >= 11 is 0. The van der Waals surface area contributed by atoms with Gasteiger partial charge in [-0.3, -0.25) is 0 Å². The lowest BCUT2D eigenvalue weighted by Gasteiger charge is -2.20. The zero-order chi connectivity index (χ0) is 11.7. The van der Waals surface area contributed by atoms with Gasteiger partial charge in [-0.1, -0.05) is 6.42 Å². The highest BCUT2D eigenvalue weighted by atomic mass is 15.1. The van der Waals surface area contributed by atoms with Crippen LogP contribution in [0.1, 0.15) is 50.8 Å². The van der Waals surface area contributed by atoms with E-state index in [1.165, 1.54) is 44.5 Å². The Balaban J connectivity index is 1.67. The summed E-state index contributed by atoms with van der Waals surface area (Å²) in [5, 5.41) is 3.69. The van der Waals surface area contributed by atoms with Crippen molar-refractivity contribution in [3.05, 3.63) is 18.2 Å². The number of imidazole rings is 1. The average Bonchev–Trinajstić information content (AvgIpc) is 2.89. The van der Waals surface area contributed by atoms with Crippen LogP contribution in [0.2, 0.25) is 0 Å². The lowest BCUT2D eigenvalue weighted by atomic mass is 9.95. The van der Waals surface area contributed by atoms with Gasteiger partial charge in [0.25, 0.3) is 0 Å². The summed E-state index contributed by atoms with van der Waals surface area (Å²) in [6.07, 6.45) is 10.9. The minimum atomic E-state index is 0.691. The fourth-order valence-corrected chi connectivity index (χ4v) is 3.14. The summed E-state index contributed by atoms with van der Waals surface area (Å²) in [5.74, 6) is 2.83. The third-order valence-electron chi connectivity index (χ3n) is 4.33. The molecule has 0 saturated heterocycles. The Bertz CT molecular complexity index is 367. The second-order valence-electron chi connectivity index (χ2n) is 5.55. The van der Waals surface area contributed by atoms with Gasteiger partial charge in [-0.15, -0.1) is 0 Å². The number of hydrogen-bond acceptors (Lipinski definition) is 2. The molecule has 3 heteroatoms. The Labute approximate surface area is 104 Å². The van der Waals surface area contributed by atoms with Gasteiger partial charge in [0.2, 0.25) is 0 Å². The highest BCUT2D eigenvalue weighted by molar-refractivity contribution is 5.06. The topological polar surface area (TPSA) is 29.9 Å². The minimum Gasteiger partial charge on any atom is -0.335 e. The van der Waals surface area contributed by atoms with Gasteiger partial charge in [-0.25, -0.2) is 4.98 Å². The number of aryl methyl sites for hydroxylation is 1. The van der Waals surface area contributed by atoms with Gasteiger partial charge in [-0.2, -0.15) is 0 Å². The largest absolute Gasteiger partial charge is 0.335 e. The zero-order valence-electron chi connectivity index (χ0n) is 10.7. The van der Waals surface area contributed by atoms with Gasteiger partial charge in [-0.05, 0) is 45.1 Å². The fourth-order valence-electron chi connectivity index (χ4n) is 3.14. The van der Waals surface area contributed by atoms with Gasteiger partial charge in [0.1, 0.15) is 5.82 Å². The molecule has 1 aromatic heterocycles. The molecular formula is C14H23N3. The fraction of sp³-hybridized carbons (Fsp3) is 0.786. The van der Waals surface area contributed by atoms with Gasteiger partial charge in [0.05, 0.1) is 0 Å². The molecule has 3 rings (SSSR count). The van der Waals surface area contributed by atoms with Crippen LogP contribution in [0.15, 0.2) is 12.4 Å². The standard InChI is InChI=1S/C14H23N3/c1-2-17-9-8-15-14(17)13-5-3-4-11(13)10-16-12-6-7-12/h8-9,11-13,16H,2-7,10H2,1H3. The molecule has 1 N–H and O–H groups in total. The monoisotopic (exact) mass is 233 g/mol. The third-order valence-corrected chi connectivity index (χ3v) is 4.33. The Kier molecular flexibility index (Phi) is 3.19. The van der Waals surface area contributed by atoms with Crippen molar-refractivity contribution in [2.45, 2.75) is 57.5 Å². The quantitative estimate of drug-likeness (QED) is 0.847. The first kappa shape index (κ1) is 11.3. The van der Waals surface area contributed by atoms with Gasteiger partial charge in [0, 0.05) is 30.9 Å². The van der Waals surface area contributed by atoms with Crippen LogP contribution in [0.4, 0.5) is 0 Å². The van der Waals surface area contributed by atoms with Crippen molar-refractivity contribution < 1.29 is 0 Å². The molecule has 0 aromatic carbocycles. The van der Waals surface area contributed by atoms with E-state index in [1.54, 1.807) is 0 Å². The van der Waals surface area contributed by atoms with Crippen molar-refractivity contribution in [3.63, 3.8) is 0 Å². The Morgan fingerprint density at radius 3 is 3.00 bits per heavy atom. The predicted molar refractivity (Wildman–Crippen MR) is 69.0 cm³/mol. The normalized spacial score (nSPS) is 28.8. The SMILES string of the molecule is CCn1ccnc1C1CCCC1CNC1CC1. The second-order valence-corrected chi connectivity index (χ2v) is 5.55. The molecule has 2 saturated carbocycles. The summed E-state index contributed by atoms with van der Waals surface area (Å²) in [6.45, 7) is 4.46. The molecule has 2 unspecified atom stereocenters. The number of nitrogens with one attached hydrogen (secondary N) is 1. The molecule has 94 valence electrons. The Hall–Kier alpha value is -0.830. The Morgan fingerprint density at radius 2 is 2.24 bits per heavy atom. The van der Waals surface area contributed by atoms with Crippen LogP contribution in [-0.2, 0) is 6.54 Å². The van der Waals surface area contributed by atoms with E-state index in [0.29, 0.717) is 5.92 Å². The first-order chi connectivity index (χ1) is 8.38. The summed E-state index contributed by atoms with van der Waals surface area (Å²) < 4.78 is 2.32. The number of aromatic nitrogens is 2. The molecular weight excluding hydrogens is 210 g/mol. The van der Waals surface area contributed by atoms with Gasteiger partial charge in [0.15, 0.2) is 0 Å². The van der Waals surface area contributed by atoms with E-state index in [9.17, 15) is 0 Å². The molecule has 0 aliphatic heterocycles. The van der Waals surface area contributed by atoms with E-state index in [4.69, 9.17) is 0 Å². The van der Waals surface area contributed by atoms with Crippen LogP contribution in [0.25, 0.3) is 0 Å².